The molecule has 152 valence electrons. The van der Waals surface area contributed by atoms with Gasteiger partial charge in [0, 0.05) is 33.3 Å². The highest BCUT2D eigenvalue weighted by Gasteiger charge is 2.58. The van der Waals surface area contributed by atoms with Crippen LogP contribution in [0.1, 0.15) is 18.4 Å². The summed E-state index contributed by atoms with van der Waals surface area (Å²) in [5, 5.41) is 0. The van der Waals surface area contributed by atoms with Gasteiger partial charge in [0.2, 0.25) is 0 Å². The molecule has 3 amide bonds. The average molecular weight is 389 g/mol. The van der Waals surface area contributed by atoms with Crippen LogP contribution in [0, 0.1) is 0 Å². The molecule has 0 radical (unpaired) electrons. The molecule has 1 aromatic carbocycles. The van der Waals surface area contributed by atoms with E-state index in [4.69, 9.17) is 4.74 Å². The van der Waals surface area contributed by atoms with Gasteiger partial charge in [0.25, 0.3) is 5.91 Å². The molecule has 1 spiro atoms. The number of amides is 3. The molecule has 0 aromatic heterocycles. The first-order valence-electron chi connectivity index (χ1n) is 9.47. The van der Waals surface area contributed by atoms with Crippen molar-refractivity contribution in [1.29, 1.82) is 0 Å². The van der Waals surface area contributed by atoms with Gasteiger partial charge in [-0.2, -0.15) is 0 Å². The molecule has 0 atom stereocenters. The molecule has 0 bridgehead atoms. The minimum atomic E-state index is -0.906. The number of benzene rings is 1. The van der Waals surface area contributed by atoms with Crippen LogP contribution in [0.3, 0.4) is 0 Å². The molecule has 8 nitrogen and oxygen atoms in total. The molecular formula is C20H27N3O5. The Hall–Kier alpha value is -2.45. The smallest absolute Gasteiger partial charge is 0.328 e. The van der Waals surface area contributed by atoms with Gasteiger partial charge in [0.15, 0.2) is 0 Å². The Kier molecular flexibility index (Phi) is 6.31. The molecule has 1 aromatic rings. The second-order valence-electron chi connectivity index (χ2n) is 7.19. The first-order chi connectivity index (χ1) is 13.5. The van der Waals surface area contributed by atoms with E-state index in [0.29, 0.717) is 39.1 Å². The van der Waals surface area contributed by atoms with Crippen LogP contribution >= 0.6 is 0 Å². The van der Waals surface area contributed by atoms with Crippen molar-refractivity contribution in [2.75, 3.05) is 47.0 Å². The Morgan fingerprint density at radius 2 is 1.79 bits per heavy atom. The molecule has 28 heavy (non-hydrogen) atoms. The van der Waals surface area contributed by atoms with E-state index in [-0.39, 0.29) is 12.5 Å². The minimum absolute atomic E-state index is 0.307. The Morgan fingerprint density at radius 1 is 1.11 bits per heavy atom. The van der Waals surface area contributed by atoms with Gasteiger partial charge in [-0.25, -0.2) is 4.79 Å². The summed E-state index contributed by atoms with van der Waals surface area (Å²) in [5.41, 5.74) is 0.312. The number of ether oxygens (including phenoxy) is 2. The fraction of sp³-hybridized carbons (Fsp3) is 0.550. The van der Waals surface area contributed by atoms with Crippen LogP contribution in [0.15, 0.2) is 30.3 Å². The summed E-state index contributed by atoms with van der Waals surface area (Å²) in [4.78, 5) is 42.6. The molecule has 2 aliphatic heterocycles. The van der Waals surface area contributed by atoms with Crippen molar-refractivity contribution in [3.8, 4) is 0 Å². The molecule has 0 aliphatic carbocycles. The van der Waals surface area contributed by atoms with E-state index in [2.05, 4.69) is 21.8 Å². The van der Waals surface area contributed by atoms with Crippen molar-refractivity contribution in [3.63, 3.8) is 0 Å². The van der Waals surface area contributed by atoms with Gasteiger partial charge in [0.1, 0.15) is 12.1 Å². The van der Waals surface area contributed by atoms with E-state index in [0.717, 1.165) is 11.4 Å². The fourth-order valence-corrected chi connectivity index (χ4v) is 4.01. The molecule has 2 saturated heterocycles. The summed E-state index contributed by atoms with van der Waals surface area (Å²) in [7, 11) is 2.80. The SMILES string of the molecule is COCCN1C(=O)N(CC(=O)OC)C(=O)C12CCN(Cc1ccccc1)CC2. The normalized spacial score (nSPS) is 19.5. The van der Waals surface area contributed by atoms with Gasteiger partial charge in [-0.3, -0.25) is 19.4 Å². The van der Waals surface area contributed by atoms with Crippen molar-refractivity contribution in [1.82, 2.24) is 14.7 Å². The zero-order valence-corrected chi connectivity index (χ0v) is 16.4. The van der Waals surface area contributed by atoms with Crippen molar-refractivity contribution in [3.05, 3.63) is 35.9 Å². The lowest BCUT2D eigenvalue weighted by Gasteiger charge is -2.42. The molecule has 2 aliphatic rings. The lowest BCUT2D eigenvalue weighted by atomic mass is 9.85. The third kappa shape index (κ3) is 3.88. The van der Waals surface area contributed by atoms with Gasteiger partial charge >= 0.3 is 12.0 Å². The number of likely N-dealkylation sites (tertiary alicyclic amines) is 1. The monoisotopic (exact) mass is 389 g/mol. The fourth-order valence-electron chi connectivity index (χ4n) is 4.01. The first-order valence-corrected chi connectivity index (χ1v) is 9.47. The zero-order chi connectivity index (χ0) is 20.1. The third-order valence-electron chi connectivity index (χ3n) is 5.59. The van der Waals surface area contributed by atoms with Crippen molar-refractivity contribution in [2.24, 2.45) is 0 Å². The molecule has 3 rings (SSSR count). The summed E-state index contributed by atoms with van der Waals surface area (Å²) >= 11 is 0. The Labute approximate surface area is 165 Å². The maximum absolute atomic E-state index is 13.2. The maximum atomic E-state index is 13.2. The topological polar surface area (TPSA) is 79.4 Å². The Morgan fingerprint density at radius 3 is 2.39 bits per heavy atom. The first kappa shape index (κ1) is 20.3. The highest BCUT2D eigenvalue weighted by molar-refractivity contribution is 6.08. The zero-order valence-electron chi connectivity index (χ0n) is 16.4. The van der Waals surface area contributed by atoms with Crippen LogP contribution in [-0.2, 0) is 25.6 Å². The number of hydrogen-bond donors (Lipinski definition) is 0. The highest BCUT2D eigenvalue weighted by Crippen LogP contribution is 2.37. The Balaban J connectivity index is 1.74. The predicted molar refractivity (Wildman–Crippen MR) is 101 cm³/mol. The van der Waals surface area contributed by atoms with Crippen LogP contribution in [-0.4, -0.2) is 85.2 Å². The van der Waals surface area contributed by atoms with E-state index in [9.17, 15) is 14.4 Å². The molecule has 0 N–H and O–H groups in total. The number of methoxy groups -OCH3 is 2. The third-order valence-corrected chi connectivity index (χ3v) is 5.59. The van der Waals surface area contributed by atoms with Crippen molar-refractivity contribution < 1.29 is 23.9 Å². The summed E-state index contributed by atoms with van der Waals surface area (Å²) in [5.74, 6) is -0.912. The second-order valence-corrected chi connectivity index (χ2v) is 7.19. The van der Waals surface area contributed by atoms with Crippen molar-refractivity contribution >= 4 is 17.9 Å². The molecule has 8 heteroatoms. The van der Waals surface area contributed by atoms with Gasteiger partial charge in [0.05, 0.1) is 13.7 Å². The van der Waals surface area contributed by atoms with Gasteiger partial charge < -0.3 is 14.4 Å². The largest absolute Gasteiger partial charge is 0.468 e. The second kappa shape index (κ2) is 8.70. The standard InChI is InChI=1S/C20H27N3O5/c1-27-13-12-23-19(26)22(15-17(24)28-2)18(25)20(23)8-10-21(11-9-20)14-16-6-4-3-5-7-16/h3-7H,8-15H2,1-2H3. The molecule has 2 heterocycles. The van der Waals surface area contributed by atoms with Gasteiger partial charge in [-0.05, 0) is 18.4 Å². The van der Waals surface area contributed by atoms with E-state index in [1.165, 1.54) is 12.7 Å². The summed E-state index contributed by atoms with van der Waals surface area (Å²) in [6, 6.07) is 9.73. The quantitative estimate of drug-likeness (QED) is 0.513. The number of carbonyl (C=O) groups is 3. The molecular weight excluding hydrogens is 362 g/mol. The number of rotatable bonds is 7. The van der Waals surface area contributed by atoms with Crippen LogP contribution in [0.5, 0.6) is 0 Å². The number of urea groups is 1. The van der Waals surface area contributed by atoms with Crippen LogP contribution in [0.4, 0.5) is 4.79 Å². The van der Waals surface area contributed by atoms with E-state index in [1.807, 2.05) is 18.2 Å². The Bertz CT molecular complexity index is 716. The minimum Gasteiger partial charge on any atom is -0.468 e. The average Bonchev–Trinajstić information content (AvgIpc) is 2.90. The van der Waals surface area contributed by atoms with E-state index < -0.39 is 17.5 Å². The van der Waals surface area contributed by atoms with Crippen LogP contribution in [0.2, 0.25) is 0 Å². The number of piperidine rings is 1. The number of imide groups is 1. The molecule has 0 saturated carbocycles. The van der Waals surface area contributed by atoms with Crippen LogP contribution < -0.4 is 0 Å². The lowest BCUT2D eigenvalue weighted by molar-refractivity contribution is -0.146. The summed E-state index contributed by atoms with van der Waals surface area (Å²) in [6.07, 6.45) is 1.07. The number of carbonyl (C=O) groups excluding carboxylic acids is 3. The highest BCUT2D eigenvalue weighted by atomic mass is 16.5. The van der Waals surface area contributed by atoms with Gasteiger partial charge in [-0.15, -0.1) is 0 Å². The van der Waals surface area contributed by atoms with E-state index in [1.54, 1.807) is 12.0 Å². The maximum Gasteiger partial charge on any atom is 0.328 e. The van der Waals surface area contributed by atoms with Crippen LogP contribution in [0.25, 0.3) is 0 Å². The van der Waals surface area contributed by atoms with Gasteiger partial charge in [-0.1, -0.05) is 30.3 Å². The molecule has 0 unspecified atom stereocenters. The number of esters is 1. The predicted octanol–water partition coefficient (Wildman–Crippen LogP) is 1.10. The van der Waals surface area contributed by atoms with Crippen molar-refractivity contribution in [2.45, 2.75) is 24.9 Å². The summed E-state index contributed by atoms with van der Waals surface area (Å²) in [6.45, 7) is 2.50. The lowest BCUT2D eigenvalue weighted by Crippen LogP contribution is -2.57. The number of nitrogens with zero attached hydrogens (tertiary/aromatic N) is 3. The molecule has 2 fully saturated rings. The van der Waals surface area contributed by atoms with E-state index >= 15 is 0 Å². The summed E-state index contributed by atoms with van der Waals surface area (Å²) < 4.78 is 9.78. The number of hydrogen-bond acceptors (Lipinski definition) is 6.